The number of nitrogens with one attached hydrogen (secondary N) is 3. The summed E-state index contributed by atoms with van der Waals surface area (Å²) in [5.74, 6) is -0.646. The number of hydrogen-bond donors (Lipinski definition) is 3. The number of carbonyl (C=O) groups is 3. The summed E-state index contributed by atoms with van der Waals surface area (Å²) in [6.45, 7) is 9.88. The van der Waals surface area contributed by atoms with Gasteiger partial charge in [0.05, 0.1) is 0 Å². The molecule has 0 saturated heterocycles. The quantitative estimate of drug-likeness (QED) is 0.449. The van der Waals surface area contributed by atoms with Crippen LogP contribution in [-0.2, 0) is 10.2 Å². The zero-order valence-electron chi connectivity index (χ0n) is 20.6. The van der Waals surface area contributed by atoms with Crippen molar-refractivity contribution in [3.05, 3.63) is 95.1 Å². The van der Waals surface area contributed by atoms with E-state index in [4.69, 9.17) is 4.74 Å². The maximum atomic E-state index is 12.4. The second-order valence-electron chi connectivity index (χ2n) is 9.38. The van der Waals surface area contributed by atoms with Gasteiger partial charge in [-0.1, -0.05) is 50.6 Å². The Hall–Kier alpha value is -4.13. The van der Waals surface area contributed by atoms with E-state index in [0.717, 1.165) is 11.1 Å². The molecular formula is C28H31N3O4. The van der Waals surface area contributed by atoms with E-state index in [0.29, 0.717) is 22.6 Å². The molecule has 182 valence electrons. The third-order valence-electron chi connectivity index (χ3n) is 5.39. The number of ether oxygens (including phenoxy) is 1. The molecule has 3 N–H and O–H groups in total. The Balaban J connectivity index is 1.49. The van der Waals surface area contributed by atoms with Crippen LogP contribution < -0.4 is 20.9 Å². The fourth-order valence-electron chi connectivity index (χ4n) is 3.28. The summed E-state index contributed by atoms with van der Waals surface area (Å²) in [5.41, 5.74) is 8.36. The minimum atomic E-state index is -0.810. The zero-order valence-corrected chi connectivity index (χ0v) is 20.6. The molecule has 7 heteroatoms. The van der Waals surface area contributed by atoms with E-state index in [1.807, 2.05) is 43.3 Å². The maximum Gasteiger partial charge on any atom is 0.279 e. The second kappa shape index (κ2) is 10.9. The van der Waals surface area contributed by atoms with Crippen molar-refractivity contribution in [3.8, 4) is 5.75 Å². The van der Waals surface area contributed by atoms with E-state index in [2.05, 4.69) is 36.9 Å². The first-order chi connectivity index (χ1) is 16.5. The van der Waals surface area contributed by atoms with Gasteiger partial charge in [-0.3, -0.25) is 25.2 Å². The van der Waals surface area contributed by atoms with Crippen molar-refractivity contribution in [1.29, 1.82) is 0 Å². The lowest BCUT2D eigenvalue weighted by Gasteiger charge is -2.20. The number of rotatable bonds is 6. The Morgan fingerprint density at radius 2 is 1.46 bits per heavy atom. The molecule has 3 aromatic rings. The lowest BCUT2D eigenvalue weighted by atomic mass is 9.87. The molecule has 0 heterocycles. The topological polar surface area (TPSA) is 96.5 Å². The number of hydrazine groups is 1. The first-order valence-electron chi connectivity index (χ1n) is 11.4. The van der Waals surface area contributed by atoms with Crippen molar-refractivity contribution in [1.82, 2.24) is 10.9 Å². The lowest BCUT2D eigenvalue weighted by molar-refractivity contribution is -0.128. The Labute approximate surface area is 205 Å². The summed E-state index contributed by atoms with van der Waals surface area (Å²) in [7, 11) is 0. The highest BCUT2D eigenvalue weighted by Gasteiger charge is 2.17. The number of aryl methyl sites for hydroxylation is 1. The van der Waals surface area contributed by atoms with E-state index in [-0.39, 0.29) is 11.3 Å². The minimum Gasteiger partial charge on any atom is -0.481 e. The fourth-order valence-corrected chi connectivity index (χ4v) is 3.28. The van der Waals surface area contributed by atoms with E-state index in [1.54, 1.807) is 43.3 Å². The van der Waals surface area contributed by atoms with Crippen LogP contribution in [0.1, 0.15) is 59.5 Å². The summed E-state index contributed by atoms with van der Waals surface area (Å²) in [4.78, 5) is 37.1. The van der Waals surface area contributed by atoms with Crippen LogP contribution >= 0.6 is 0 Å². The number of carbonyl (C=O) groups excluding carboxylic acids is 3. The predicted octanol–water partition coefficient (Wildman–Crippen LogP) is 4.77. The molecule has 0 aliphatic rings. The Morgan fingerprint density at radius 3 is 2.06 bits per heavy atom. The third-order valence-corrected chi connectivity index (χ3v) is 5.39. The van der Waals surface area contributed by atoms with E-state index in [9.17, 15) is 14.4 Å². The predicted molar refractivity (Wildman–Crippen MR) is 136 cm³/mol. The molecule has 35 heavy (non-hydrogen) atoms. The van der Waals surface area contributed by atoms with Crippen LogP contribution in [0.3, 0.4) is 0 Å². The third kappa shape index (κ3) is 7.17. The van der Waals surface area contributed by atoms with E-state index in [1.165, 1.54) is 0 Å². The molecule has 0 spiro atoms. The van der Waals surface area contributed by atoms with Crippen LogP contribution in [0.15, 0.2) is 72.8 Å². The van der Waals surface area contributed by atoms with Crippen LogP contribution in [0.5, 0.6) is 5.75 Å². The lowest BCUT2D eigenvalue weighted by Crippen LogP contribution is -2.47. The van der Waals surface area contributed by atoms with Crippen LogP contribution in [-0.4, -0.2) is 23.8 Å². The molecule has 7 nitrogen and oxygen atoms in total. The Morgan fingerprint density at radius 1 is 0.800 bits per heavy atom. The van der Waals surface area contributed by atoms with Gasteiger partial charge < -0.3 is 10.1 Å². The minimum absolute atomic E-state index is 0.0244. The molecule has 0 aromatic heterocycles. The Bertz CT molecular complexity index is 1200. The van der Waals surface area contributed by atoms with Gasteiger partial charge >= 0.3 is 0 Å². The SMILES string of the molecule is Cc1cccc(C(=O)Nc2ccc(C(=O)NNC(=O)C(C)Oc3ccc(C(C)(C)C)cc3)cc2)c1. The number of benzene rings is 3. The van der Waals surface area contributed by atoms with Crippen molar-refractivity contribution >= 4 is 23.4 Å². The molecule has 0 fully saturated rings. The number of amides is 3. The summed E-state index contributed by atoms with van der Waals surface area (Å²) < 4.78 is 5.67. The molecule has 0 aliphatic heterocycles. The fraction of sp³-hybridized carbons (Fsp3) is 0.250. The van der Waals surface area contributed by atoms with Crippen molar-refractivity contribution in [2.75, 3.05) is 5.32 Å². The van der Waals surface area contributed by atoms with Gasteiger partial charge in [0, 0.05) is 16.8 Å². The standard InChI is InChI=1S/C28H31N3O4/c1-18-7-6-8-21(17-18)26(33)29-23-13-9-20(10-14-23)27(34)31-30-25(32)19(2)35-24-15-11-22(12-16-24)28(3,4)5/h6-17,19H,1-5H3,(H,29,33)(H,30,32)(H,31,34). The highest BCUT2D eigenvalue weighted by atomic mass is 16.5. The number of anilines is 1. The highest BCUT2D eigenvalue weighted by Crippen LogP contribution is 2.24. The van der Waals surface area contributed by atoms with Crippen LogP contribution in [0, 0.1) is 6.92 Å². The molecule has 3 amide bonds. The van der Waals surface area contributed by atoms with Gasteiger partial charge in [0.1, 0.15) is 5.75 Å². The largest absolute Gasteiger partial charge is 0.481 e. The summed E-state index contributed by atoms with van der Waals surface area (Å²) in [6, 6.07) is 21.2. The highest BCUT2D eigenvalue weighted by molar-refractivity contribution is 6.04. The van der Waals surface area contributed by atoms with Gasteiger partial charge in [0.2, 0.25) is 0 Å². The molecule has 0 radical (unpaired) electrons. The molecule has 3 aromatic carbocycles. The van der Waals surface area contributed by atoms with Crippen molar-refractivity contribution in [2.24, 2.45) is 0 Å². The van der Waals surface area contributed by atoms with Crippen molar-refractivity contribution in [3.63, 3.8) is 0 Å². The molecule has 1 atom stereocenters. The first-order valence-corrected chi connectivity index (χ1v) is 11.4. The maximum absolute atomic E-state index is 12.4. The van der Waals surface area contributed by atoms with Crippen molar-refractivity contribution in [2.45, 2.75) is 46.1 Å². The molecule has 0 bridgehead atoms. The van der Waals surface area contributed by atoms with Gasteiger partial charge in [-0.25, -0.2) is 0 Å². The van der Waals surface area contributed by atoms with Gasteiger partial charge in [0.15, 0.2) is 6.10 Å². The molecule has 0 saturated carbocycles. The van der Waals surface area contributed by atoms with Gasteiger partial charge in [-0.2, -0.15) is 0 Å². The zero-order chi connectivity index (χ0) is 25.6. The van der Waals surface area contributed by atoms with Crippen molar-refractivity contribution < 1.29 is 19.1 Å². The average molecular weight is 474 g/mol. The monoisotopic (exact) mass is 473 g/mol. The van der Waals surface area contributed by atoms with Crippen LogP contribution in [0.4, 0.5) is 5.69 Å². The van der Waals surface area contributed by atoms with Gasteiger partial charge in [-0.05, 0) is 73.4 Å². The first kappa shape index (κ1) is 25.5. The molecular weight excluding hydrogens is 442 g/mol. The smallest absolute Gasteiger partial charge is 0.279 e. The van der Waals surface area contributed by atoms with Crippen LogP contribution in [0.25, 0.3) is 0 Å². The number of hydrogen-bond acceptors (Lipinski definition) is 4. The average Bonchev–Trinajstić information content (AvgIpc) is 2.82. The van der Waals surface area contributed by atoms with E-state index < -0.39 is 17.9 Å². The van der Waals surface area contributed by atoms with Gasteiger partial charge in [0.25, 0.3) is 17.7 Å². The summed E-state index contributed by atoms with van der Waals surface area (Å²) >= 11 is 0. The molecule has 3 rings (SSSR count). The van der Waals surface area contributed by atoms with Crippen LogP contribution in [0.2, 0.25) is 0 Å². The normalized spacial score (nSPS) is 11.8. The van der Waals surface area contributed by atoms with Gasteiger partial charge in [-0.15, -0.1) is 0 Å². The molecule has 1 unspecified atom stereocenters. The Kier molecular flexibility index (Phi) is 7.91. The summed E-state index contributed by atoms with van der Waals surface area (Å²) in [6.07, 6.45) is -0.810. The van der Waals surface area contributed by atoms with E-state index >= 15 is 0 Å². The molecule has 0 aliphatic carbocycles. The second-order valence-corrected chi connectivity index (χ2v) is 9.38. The summed E-state index contributed by atoms with van der Waals surface area (Å²) in [5, 5.41) is 2.79.